The van der Waals surface area contributed by atoms with Crippen LogP contribution in [0.3, 0.4) is 0 Å². The highest BCUT2D eigenvalue weighted by molar-refractivity contribution is 5.66. The molecule has 2 aromatic carbocycles. The summed E-state index contributed by atoms with van der Waals surface area (Å²) in [5, 5.41) is 0. The van der Waals surface area contributed by atoms with Crippen molar-refractivity contribution in [1.29, 1.82) is 0 Å². The number of hydrogen-bond acceptors (Lipinski definition) is 2. The average molecular weight is 254 g/mol. The first-order chi connectivity index (χ1) is 9.13. The second kappa shape index (κ2) is 5.89. The van der Waals surface area contributed by atoms with Crippen LogP contribution in [0.4, 0.5) is 11.4 Å². The number of para-hydroxylation sites is 1. The molecule has 0 saturated carbocycles. The minimum Gasteiger partial charge on any atom is -0.344 e. The van der Waals surface area contributed by atoms with Crippen molar-refractivity contribution in [2.75, 3.05) is 11.9 Å². The maximum absolute atomic E-state index is 6.21. The number of hydrogen-bond donors (Lipinski definition) is 1. The van der Waals surface area contributed by atoms with Crippen molar-refractivity contribution in [1.82, 2.24) is 0 Å². The maximum atomic E-state index is 6.21. The van der Waals surface area contributed by atoms with E-state index in [4.69, 9.17) is 5.73 Å². The Hall–Kier alpha value is -1.80. The van der Waals surface area contributed by atoms with Gasteiger partial charge in [-0.05, 0) is 37.1 Å². The van der Waals surface area contributed by atoms with E-state index in [-0.39, 0.29) is 6.04 Å². The number of nitrogens with zero attached hydrogens (tertiary/aromatic N) is 1. The predicted octanol–water partition coefficient (Wildman–Crippen LogP) is 4.17. The molecule has 0 aliphatic heterocycles. The van der Waals surface area contributed by atoms with Crippen LogP contribution in [-0.2, 0) is 0 Å². The lowest BCUT2D eigenvalue weighted by Crippen LogP contribution is -2.16. The summed E-state index contributed by atoms with van der Waals surface area (Å²) in [7, 11) is 2.09. The zero-order valence-corrected chi connectivity index (χ0v) is 11.9. The highest BCUT2D eigenvalue weighted by Gasteiger charge is 2.12. The van der Waals surface area contributed by atoms with Gasteiger partial charge in [-0.25, -0.2) is 0 Å². The second-order valence-corrected chi connectivity index (χ2v) is 4.97. The van der Waals surface area contributed by atoms with Gasteiger partial charge in [-0.15, -0.1) is 0 Å². The third kappa shape index (κ3) is 2.96. The van der Waals surface area contributed by atoms with Crippen LogP contribution in [0, 0.1) is 6.92 Å². The molecule has 0 fully saturated rings. The van der Waals surface area contributed by atoms with E-state index < -0.39 is 0 Å². The topological polar surface area (TPSA) is 29.3 Å². The number of nitrogens with two attached hydrogens (primary N) is 1. The fourth-order valence-corrected chi connectivity index (χ4v) is 2.23. The van der Waals surface area contributed by atoms with Gasteiger partial charge in [0.1, 0.15) is 0 Å². The Bertz CT molecular complexity index is 531. The van der Waals surface area contributed by atoms with Gasteiger partial charge in [0, 0.05) is 24.5 Å². The number of anilines is 2. The van der Waals surface area contributed by atoms with E-state index in [0.29, 0.717) is 0 Å². The quantitative estimate of drug-likeness (QED) is 0.887. The molecule has 2 N–H and O–H groups in total. The van der Waals surface area contributed by atoms with Gasteiger partial charge in [-0.3, -0.25) is 0 Å². The van der Waals surface area contributed by atoms with Crippen molar-refractivity contribution in [3.05, 3.63) is 59.7 Å². The SMILES string of the molecule is CC[C@@H](N)c1ccccc1N(C)c1ccc(C)cc1. The molecule has 0 unspecified atom stereocenters. The van der Waals surface area contributed by atoms with Crippen LogP contribution in [0.5, 0.6) is 0 Å². The van der Waals surface area contributed by atoms with Gasteiger partial charge in [0.25, 0.3) is 0 Å². The molecule has 0 aliphatic rings. The predicted molar refractivity (Wildman–Crippen MR) is 82.9 cm³/mol. The highest BCUT2D eigenvalue weighted by atomic mass is 15.1. The fraction of sp³-hybridized carbons (Fsp3) is 0.294. The standard InChI is InChI=1S/C17H22N2/c1-4-16(18)15-7-5-6-8-17(15)19(3)14-11-9-13(2)10-12-14/h5-12,16H,4,18H2,1-3H3/t16-/m1/s1. The second-order valence-electron chi connectivity index (χ2n) is 4.97. The fourth-order valence-electron chi connectivity index (χ4n) is 2.23. The Morgan fingerprint density at radius 1 is 1.05 bits per heavy atom. The van der Waals surface area contributed by atoms with Crippen molar-refractivity contribution in [2.24, 2.45) is 5.73 Å². The summed E-state index contributed by atoms with van der Waals surface area (Å²) in [6, 6.07) is 17.0. The van der Waals surface area contributed by atoms with Crippen molar-refractivity contribution in [2.45, 2.75) is 26.3 Å². The van der Waals surface area contributed by atoms with Gasteiger partial charge in [-0.2, -0.15) is 0 Å². The monoisotopic (exact) mass is 254 g/mol. The molecule has 2 rings (SSSR count). The molecule has 0 heterocycles. The van der Waals surface area contributed by atoms with E-state index >= 15 is 0 Å². The summed E-state index contributed by atoms with van der Waals surface area (Å²) < 4.78 is 0. The van der Waals surface area contributed by atoms with Gasteiger partial charge >= 0.3 is 0 Å². The van der Waals surface area contributed by atoms with E-state index in [1.807, 2.05) is 0 Å². The third-order valence-electron chi connectivity index (χ3n) is 3.56. The first kappa shape index (κ1) is 13.6. The molecule has 0 amide bonds. The number of benzene rings is 2. The Labute approximate surface area is 115 Å². The lowest BCUT2D eigenvalue weighted by molar-refractivity contribution is 0.698. The van der Waals surface area contributed by atoms with Crippen LogP contribution in [0.2, 0.25) is 0 Å². The van der Waals surface area contributed by atoms with Gasteiger partial charge < -0.3 is 10.6 Å². The number of rotatable bonds is 4. The zero-order chi connectivity index (χ0) is 13.8. The summed E-state index contributed by atoms with van der Waals surface area (Å²) in [6.45, 7) is 4.22. The van der Waals surface area contributed by atoms with E-state index in [0.717, 1.165) is 6.42 Å². The smallest absolute Gasteiger partial charge is 0.0456 e. The highest BCUT2D eigenvalue weighted by Crippen LogP contribution is 2.30. The zero-order valence-electron chi connectivity index (χ0n) is 11.9. The molecule has 19 heavy (non-hydrogen) atoms. The average Bonchev–Trinajstić information content (AvgIpc) is 2.46. The molecule has 0 bridgehead atoms. The molecule has 1 atom stereocenters. The molecule has 0 radical (unpaired) electrons. The summed E-state index contributed by atoms with van der Waals surface area (Å²) in [4.78, 5) is 2.20. The van der Waals surface area contributed by atoms with Gasteiger partial charge in [0.05, 0.1) is 0 Å². The maximum Gasteiger partial charge on any atom is 0.0456 e. The van der Waals surface area contributed by atoms with Crippen molar-refractivity contribution in [3.63, 3.8) is 0 Å². The molecule has 0 aliphatic carbocycles. The summed E-state index contributed by atoms with van der Waals surface area (Å²) in [5.41, 5.74) is 11.0. The molecule has 2 aromatic rings. The molecule has 100 valence electrons. The van der Waals surface area contributed by atoms with Gasteiger partial charge in [-0.1, -0.05) is 42.8 Å². The lowest BCUT2D eigenvalue weighted by atomic mass is 10.0. The summed E-state index contributed by atoms with van der Waals surface area (Å²) >= 11 is 0. The Morgan fingerprint density at radius 2 is 1.68 bits per heavy atom. The minimum atomic E-state index is 0.0871. The van der Waals surface area contributed by atoms with E-state index in [1.165, 1.54) is 22.5 Å². The van der Waals surface area contributed by atoms with Gasteiger partial charge in [0.2, 0.25) is 0 Å². The van der Waals surface area contributed by atoms with Gasteiger partial charge in [0.15, 0.2) is 0 Å². The molecule has 0 spiro atoms. The van der Waals surface area contributed by atoms with E-state index in [1.54, 1.807) is 0 Å². The van der Waals surface area contributed by atoms with E-state index in [2.05, 4.69) is 74.3 Å². The van der Waals surface area contributed by atoms with Crippen LogP contribution >= 0.6 is 0 Å². The third-order valence-corrected chi connectivity index (χ3v) is 3.56. The first-order valence-corrected chi connectivity index (χ1v) is 6.78. The largest absolute Gasteiger partial charge is 0.344 e. The Morgan fingerprint density at radius 3 is 2.32 bits per heavy atom. The van der Waals surface area contributed by atoms with Crippen molar-refractivity contribution >= 4 is 11.4 Å². The molecular formula is C17H22N2. The van der Waals surface area contributed by atoms with Crippen LogP contribution in [-0.4, -0.2) is 7.05 Å². The first-order valence-electron chi connectivity index (χ1n) is 6.78. The van der Waals surface area contributed by atoms with Crippen LogP contribution in [0.25, 0.3) is 0 Å². The Kier molecular flexibility index (Phi) is 4.23. The van der Waals surface area contributed by atoms with Crippen LogP contribution < -0.4 is 10.6 Å². The summed E-state index contributed by atoms with van der Waals surface area (Å²) in [5.74, 6) is 0. The minimum absolute atomic E-state index is 0.0871. The number of aryl methyl sites for hydroxylation is 1. The summed E-state index contributed by atoms with van der Waals surface area (Å²) in [6.07, 6.45) is 0.943. The molecule has 0 aromatic heterocycles. The molecule has 0 saturated heterocycles. The van der Waals surface area contributed by atoms with Crippen molar-refractivity contribution < 1.29 is 0 Å². The normalized spacial score (nSPS) is 12.2. The molecule has 2 heteroatoms. The Balaban J connectivity index is 2.38. The molecule has 2 nitrogen and oxygen atoms in total. The molecular weight excluding hydrogens is 232 g/mol. The van der Waals surface area contributed by atoms with Crippen LogP contribution in [0.1, 0.15) is 30.5 Å². The van der Waals surface area contributed by atoms with Crippen LogP contribution in [0.15, 0.2) is 48.5 Å². The van der Waals surface area contributed by atoms with E-state index in [9.17, 15) is 0 Å². The lowest BCUT2D eigenvalue weighted by Gasteiger charge is -2.25. The van der Waals surface area contributed by atoms with Crippen molar-refractivity contribution in [3.8, 4) is 0 Å².